The minimum absolute atomic E-state index is 0.163. The van der Waals surface area contributed by atoms with E-state index in [0.717, 1.165) is 11.3 Å². The predicted molar refractivity (Wildman–Crippen MR) is 91.0 cm³/mol. The van der Waals surface area contributed by atoms with Gasteiger partial charge in [0, 0.05) is 10.6 Å². The van der Waals surface area contributed by atoms with Gasteiger partial charge in [0.1, 0.15) is 0 Å². The van der Waals surface area contributed by atoms with E-state index in [2.05, 4.69) is 45.0 Å². The van der Waals surface area contributed by atoms with Crippen molar-refractivity contribution in [3.8, 4) is 0 Å². The fourth-order valence-electron chi connectivity index (χ4n) is 2.13. The molecular formula is C17H21BO2S. The van der Waals surface area contributed by atoms with E-state index < -0.39 is 7.12 Å². The summed E-state index contributed by atoms with van der Waals surface area (Å²) >= 11 is 1.70. The van der Waals surface area contributed by atoms with Crippen LogP contribution in [0.3, 0.4) is 0 Å². The van der Waals surface area contributed by atoms with Gasteiger partial charge in [-0.1, -0.05) is 57.2 Å². The molecule has 0 unspecified atom stereocenters. The maximum atomic E-state index is 9.37. The first kappa shape index (κ1) is 16.2. The van der Waals surface area contributed by atoms with E-state index in [9.17, 15) is 10.0 Å². The molecule has 0 aliphatic heterocycles. The summed E-state index contributed by atoms with van der Waals surface area (Å²) in [6.07, 6.45) is 0. The molecule has 0 atom stereocenters. The van der Waals surface area contributed by atoms with Crippen LogP contribution < -0.4 is 5.46 Å². The molecule has 4 heteroatoms. The second-order valence-electron chi connectivity index (χ2n) is 6.14. The highest BCUT2D eigenvalue weighted by molar-refractivity contribution is 7.98. The summed E-state index contributed by atoms with van der Waals surface area (Å²) in [6, 6.07) is 16.0. The largest absolute Gasteiger partial charge is 0.488 e. The van der Waals surface area contributed by atoms with E-state index in [-0.39, 0.29) is 5.41 Å². The third kappa shape index (κ3) is 4.37. The lowest BCUT2D eigenvalue weighted by molar-refractivity contribution is 0.425. The van der Waals surface area contributed by atoms with Crippen molar-refractivity contribution in [2.24, 2.45) is 0 Å². The molecule has 2 N–H and O–H groups in total. The lowest BCUT2D eigenvalue weighted by atomic mass is 9.77. The van der Waals surface area contributed by atoms with Crippen LogP contribution in [0.25, 0.3) is 0 Å². The third-order valence-electron chi connectivity index (χ3n) is 3.45. The second-order valence-corrected chi connectivity index (χ2v) is 7.18. The van der Waals surface area contributed by atoms with Crippen LogP contribution >= 0.6 is 11.8 Å². The Morgan fingerprint density at radius 3 is 2.14 bits per heavy atom. The van der Waals surface area contributed by atoms with Crippen LogP contribution in [-0.2, 0) is 11.2 Å². The molecular weight excluding hydrogens is 279 g/mol. The molecule has 21 heavy (non-hydrogen) atoms. The summed E-state index contributed by atoms with van der Waals surface area (Å²) in [5, 5.41) is 18.7. The number of hydrogen-bond donors (Lipinski definition) is 2. The van der Waals surface area contributed by atoms with Gasteiger partial charge in [-0.05, 0) is 34.1 Å². The van der Waals surface area contributed by atoms with Gasteiger partial charge in [0.05, 0.1) is 0 Å². The van der Waals surface area contributed by atoms with Crippen molar-refractivity contribution >= 4 is 24.3 Å². The molecule has 0 amide bonds. The topological polar surface area (TPSA) is 40.5 Å². The third-order valence-corrected chi connectivity index (χ3v) is 4.51. The van der Waals surface area contributed by atoms with Crippen molar-refractivity contribution in [1.82, 2.24) is 0 Å². The molecule has 0 aromatic heterocycles. The number of rotatable bonds is 4. The van der Waals surface area contributed by atoms with Crippen LogP contribution in [0.4, 0.5) is 0 Å². The molecule has 0 aliphatic carbocycles. The molecule has 0 heterocycles. The standard InChI is InChI=1S/C17H21BO2S/c1-17(2,3)14-8-10-15(11-9-14)21-12-13-6-4-5-7-16(13)18(19)20/h4-11,19-20H,12H2,1-3H3. The number of thioether (sulfide) groups is 1. The average molecular weight is 300 g/mol. The highest BCUT2D eigenvalue weighted by atomic mass is 32.2. The van der Waals surface area contributed by atoms with Crippen molar-refractivity contribution in [2.75, 3.05) is 0 Å². The van der Waals surface area contributed by atoms with Crippen molar-refractivity contribution in [1.29, 1.82) is 0 Å². The van der Waals surface area contributed by atoms with Crippen LogP contribution in [0.2, 0.25) is 0 Å². The Bertz CT molecular complexity index is 588. The van der Waals surface area contributed by atoms with Crippen molar-refractivity contribution < 1.29 is 10.0 Å². The Balaban J connectivity index is 2.07. The van der Waals surface area contributed by atoms with Gasteiger partial charge in [0.15, 0.2) is 0 Å². The molecule has 0 spiro atoms. The summed E-state index contributed by atoms with van der Waals surface area (Å²) < 4.78 is 0. The van der Waals surface area contributed by atoms with Crippen LogP contribution in [0.15, 0.2) is 53.4 Å². The van der Waals surface area contributed by atoms with Crippen LogP contribution in [0, 0.1) is 0 Å². The van der Waals surface area contributed by atoms with Gasteiger partial charge < -0.3 is 10.0 Å². The van der Waals surface area contributed by atoms with Crippen LogP contribution in [-0.4, -0.2) is 17.2 Å². The van der Waals surface area contributed by atoms with E-state index in [1.165, 1.54) is 10.5 Å². The molecule has 0 saturated carbocycles. The van der Waals surface area contributed by atoms with E-state index >= 15 is 0 Å². The first-order valence-electron chi connectivity index (χ1n) is 7.05. The summed E-state index contributed by atoms with van der Waals surface area (Å²) in [5.74, 6) is 0.725. The molecule has 0 saturated heterocycles. The maximum absolute atomic E-state index is 9.37. The smallest absolute Gasteiger partial charge is 0.423 e. The fraction of sp³-hybridized carbons (Fsp3) is 0.294. The second kappa shape index (κ2) is 6.69. The first-order chi connectivity index (χ1) is 9.88. The van der Waals surface area contributed by atoms with Gasteiger partial charge >= 0.3 is 7.12 Å². The molecule has 0 fully saturated rings. The molecule has 0 aliphatic rings. The van der Waals surface area contributed by atoms with Gasteiger partial charge in [-0.25, -0.2) is 0 Å². The SMILES string of the molecule is CC(C)(C)c1ccc(SCc2ccccc2B(O)O)cc1. The molecule has 0 bridgehead atoms. The van der Waals surface area contributed by atoms with Gasteiger partial charge in [0.2, 0.25) is 0 Å². The molecule has 2 nitrogen and oxygen atoms in total. The van der Waals surface area contributed by atoms with E-state index in [1.807, 2.05) is 18.2 Å². The Kier molecular flexibility index (Phi) is 5.15. The maximum Gasteiger partial charge on any atom is 0.488 e. The minimum Gasteiger partial charge on any atom is -0.423 e. The molecule has 2 aromatic carbocycles. The Morgan fingerprint density at radius 2 is 1.57 bits per heavy atom. The minimum atomic E-state index is -1.41. The Morgan fingerprint density at radius 1 is 0.952 bits per heavy atom. The monoisotopic (exact) mass is 300 g/mol. The summed E-state index contributed by atoms with van der Waals surface area (Å²) in [4.78, 5) is 1.19. The van der Waals surface area contributed by atoms with Gasteiger partial charge in [-0.3, -0.25) is 0 Å². The average Bonchev–Trinajstić information content (AvgIpc) is 2.45. The number of benzene rings is 2. The van der Waals surface area contributed by atoms with Crippen molar-refractivity contribution in [2.45, 2.75) is 36.8 Å². The molecule has 110 valence electrons. The van der Waals surface area contributed by atoms with Gasteiger partial charge in [-0.15, -0.1) is 11.8 Å². The van der Waals surface area contributed by atoms with E-state index in [0.29, 0.717) is 5.46 Å². The Labute approximate surface area is 131 Å². The molecule has 2 rings (SSSR count). The predicted octanol–water partition coefficient (Wildman–Crippen LogP) is 2.96. The summed E-state index contributed by atoms with van der Waals surface area (Å²) in [6.45, 7) is 6.61. The quantitative estimate of drug-likeness (QED) is 0.674. The van der Waals surface area contributed by atoms with E-state index in [1.54, 1.807) is 17.8 Å². The zero-order chi connectivity index (χ0) is 15.5. The molecule has 0 radical (unpaired) electrons. The zero-order valence-corrected chi connectivity index (χ0v) is 13.5. The van der Waals surface area contributed by atoms with Crippen molar-refractivity contribution in [3.63, 3.8) is 0 Å². The summed E-state index contributed by atoms with van der Waals surface area (Å²) in [5.41, 5.74) is 3.02. The van der Waals surface area contributed by atoms with Crippen molar-refractivity contribution in [3.05, 3.63) is 59.7 Å². The lowest BCUT2D eigenvalue weighted by Gasteiger charge is -2.19. The number of hydrogen-bond acceptors (Lipinski definition) is 3. The van der Waals surface area contributed by atoms with Gasteiger partial charge in [0.25, 0.3) is 0 Å². The highest BCUT2D eigenvalue weighted by Crippen LogP contribution is 2.27. The molecule has 2 aromatic rings. The highest BCUT2D eigenvalue weighted by Gasteiger charge is 2.15. The summed E-state index contributed by atoms with van der Waals surface area (Å²) in [7, 11) is -1.41. The Hall–Kier alpha value is -1.23. The fourth-order valence-corrected chi connectivity index (χ4v) is 3.04. The zero-order valence-electron chi connectivity index (χ0n) is 12.7. The van der Waals surface area contributed by atoms with E-state index in [4.69, 9.17) is 0 Å². The first-order valence-corrected chi connectivity index (χ1v) is 8.04. The van der Waals surface area contributed by atoms with Crippen LogP contribution in [0.1, 0.15) is 31.9 Å². The van der Waals surface area contributed by atoms with Gasteiger partial charge in [-0.2, -0.15) is 0 Å². The van der Waals surface area contributed by atoms with Crippen LogP contribution in [0.5, 0.6) is 0 Å². The lowest BCUT2D eigenvalue weighted by Crippen LogP contribution is -2.32. The normalized spacial score (nSPS) is 11.5.